The van der Waals surface area contributed by atoms with Crippen LogP contribution in [-0.4, -0.2) is 33.4 Å². The van der Waals surface area contributed by atoms with Gasteiger partial charge >= 0.3 is 11.9 Å². The van der Waals surface area contributed by atoms with E-state index in [-0.39, 0.29) is 0 Å². The first-order valence-corrected chi connectivity index (χ1v) is 4.19. The second-order valence-electron chi connectivity index (χ2n) is 4.46. The van der Waals surface area contributed by atoms with E-state index in [2.05, 4.69) is 0 Å². The monoisotopic (exact) mass is 204 g/mol. The summed E-state index contributed by atoms with van der Waals surface area (Å²) in [6.07, 6.45) is -1.45. The summed E-state index contributed by atoms with van der Waals surface area (Å²) < 4.78 is 0. The highest BCUT2D eigenvalue weighted by Crippen LogP contribution is 2.34. The van der Waals surface area contributed by atoms with Crippen LogP contribution in [0.5, 0.6) is 0 Å². The zero-order valence-corrected chi connectivity index (χ0v) is 8.74. The Labute approximate surface area is 82.4 Å². The lowest BCUT2D eigenvalue weighted by molar-refractivity contribution is -0.169. The van der Waals surface area contributed by atoms with Gasteiger partial charge in [-0.2, -0.15) is 0 Å². The van der Waals surface area contributed by atoms with E-state index in [0.29, 0.717) is 0 Å². The number of hydrogen-bond donors (Lipinski definition) is 3. The third-order valence-corrected chi connectivity index (χ3v) is 2.47. The summed E-state index contributed by atoms with van der Waals surface area (Å²) in [5, 5.41) is 27.3. The Hall–Kier alpha value is -1.10. The highest BCUT2D eigenvalue weighted by Gasteiger charge is 2.48. The Morgan fingerprint density at radius 1 is 0.929 bits per heavy atom. The first-order chi connectivity index (χ1) is 6.04. The average Bonchev–Trinajstić information content (AvgIpc) is 2.02. The Balaban J connectivity index is 5.04. The molecule has 5 heteroatoms. The minimum absolute atomic E-state index is 1.22. The molecular weight excluding hydrogens is 188 g/mol. The molecule has 0 spiro atoms. The summed E-state index contributed by atoms with van der Waals surface area (Å²) in [5.41, 5.74) is -2.97. The van der Waals surface area contributed by atoms with Crippen molar-refractivity contribution in [3.05, 3.63) is 0 Å². The predicted octanol–water partition coefficient (Wildman–Crippen LogP) is 0.569. The van der Waals surface area contributed by atoms with E-state index in [1.165, 1.54) is 27.7 Å². The van der Waals surface area contributed by atoms with Gasteiger partial charge in [-0.05, 0) is 27.7 Å². The third-order valence-electron chi connectivity index (χ3n) is 2.47. The van der Waals surface area contributed by atoms with Crippen molar-refractivity contribution in [2.45, 2.75) is 33.8 Å². The Morgan fingerprint density at radius 3 is 1.29 bits per heavy atom. The number of carboxylic acids is 2. The summed E-state index contributed by atoms with van der Waals surface area (Å²) in [6.45, 7) is 5.19. The molecule has 0 saturated carbocycles. The zero-order chi connectivity index (χ0) is 11.7. The molecule has 0 heterocycles. The van der Waals surface area contributed by atoms with E-state index >= 15 is 0 Å². The van der Waals surface area contributed by atoms with Crippen molar-refractivity contribution in [3.63, 3.8) is 0 Å². The molecule has 3 N–H and O–H groups in total. The standard InChI is InChI=1S/C9H16O5/c1-8(2,6(11)12)5(10)9(3,4)7(13)14/h5,10H,1-4H3,(H,11,12)(H,13,14). The molecule has 0 aromatic rings. The van der Waals surface area contributed by atoms with Crippen molar-refractivity contribution in [1.29, 1.82) is 0 Å². The van der Waals surface area contributed by atoms with Crippen LogP contribution < -0.4 is 0 Å². The fourth-order valence-electron chi connectivity index (χ4n) is 1.14. The molecule has 0 amide bonds. The smallest absolute Gasteiger partial charge is 0.311 e. The SMILES string of the molecule is CC(C)(C(=O)O)C(O)C(C)(C)C(=O)O. The largest absolute Gasteiger partial charge is 0.481 e. The molecule has 5 nitrogen and oxygen atoms in total. The van der Waals surface area contributed by atoms with E-state index in [1.54, 1.807) is 0 Å². The molecule has 0 atom stereocenters. The van der Waals surface area contributed by atoms with E-state index in [9.17, 15) is 14.7 Å². The number of carbonyl (C=O) groups is 2. The molecule has 0 aliphatic heterocycles. The highest BCUT2D eigenvalue weighted by molar-refractivity contribution is 5.79. The van der Waals surface area contributed by atoms with Gasteiger partial charge in [0.25, 0.3) is 0 Å². The van der Waals surface area contributed by atoms with Crippen LogP contribution in [-0.2, 0) is 9.59 Å². The number of rotatable bonds is 4. The molecule has 0 fully saturated rings. The van der Waals surface area contributed by atoms with Crippen LogP contribution in [0.25, 0.3) is 0 Å². The van der Waals surface area contributed by atoms with Gasteiger partial charge in [-0.1, -0.05) is 0 Å². The topological polar surface area (TPSA) is 94.8 Å². The number of aliphatic carboxylic acids is 2. The molecule has 0 saturated heterocycles. The average molecular weight is 204 g/mol. The second-order valence-corrected chi connectivity index (χ2v) is 4.46. The summed E-state index contributed by atoms with van der Waals surface area (Å²) in [4.78, 5) is 21.6. The maximum Gasteiger partial charge on any atom is 0.311 e. The lowest BCUT2D eigenvalue weighted by atomic mass is 9.72. The molecule has 0 unspecified atom stereocenters. The van der Waals surface area contributed by atoms with Gasteiger partial charge in [0.05, 0.1) is 16.9 Å². The quantitative estimate of drug-likeness (QED) is 0.622. The second kappa shape index (κ2) is 3.57. The Bertz CT molecular complexity index is 228. The van der Waals surface area contributed by atoms with Gasteiger partial charge in [0, 0.05) is 0 Å². The van der Waals surface area contributed by atoms with Gasteiger partial charge in [-0.25, -0.2) is 0 Å². The van der Waals surface area contributed by atoms with E-state index in [0.717, 1.165) is 0 Å². The van der Waals surface area contributed by atoms with Crippen molar-refractivity contribution in [2.24, 2.45) is 10.8 Å². The Morgan fingerprint density at radius 2 is 1.14 bits per heavy atom. The first kappa shape index (κ1) is 12.9. The normalized spacial score (nSPS) is 13.0. The lowest BCUT2D eigenvalue weighted by Crippen LogP contribution is -2.49. The van der Waals surface area contributed by atoms with Crippen LogP contribution in [0, 0.1) is 10.8 Å². The molecule has 0 aromatic carbocycles. The van der Waals surface area contributed by atoms with Gasteiger partial charge in [0.1, 0.15) is 0 Å². The van der Waals surface area contributed by atoms with Gasteiger partial charge in [-0.3, -0.25) is 9.59 Å². The molecule has 0 rings (SSSR count). The van der Waals surface area contributed by atoms with Gasteiger partial charge < -0.3 is 15.3 Å². The minimum atomic E-state index is -1.48. The summed E-state index contributed by atoms with van der Waals surface area (Å²) in [5.74, 6) is -2.45. The molecule has 0 aromatic heterocycles. The molecule has 14 heavy (non-hydrogen) atoms. The summed E-state index contributed by atoms with van der Waals surface area (Å²) in [6, 6.07) is 0. The van der Waals surface area contributed by atoms with Crippen LogP contribution in [0.4, 0.5) is 0 Å². The predicted molar refractivity (Wildman–Crippen MR) is 48.8 cm³/mol. The van der Waals surface area contributed by atoms with Crippen LogP contribution in [0.15, 0.2) is 0 Å². The van der Waals surface area contributed by atoms with E-state index < -0.39 is 28.9 Å². The van der Waals surface area contributed by atoms with Crippen LogP contribution >= 0.6 is 0 Å². The lowest BCUT2D eigenvalue weighted by Gasteiger charge is -2.35. The highest BCUT2D eigenvalue weighted by atomic mass is 16.4. The van der Waals surface area contributed by atoms with Gasteiger partial charge in [-0.15, -0.1) is 0 Å². The van der Waals surface area contributed by atoms with Crippen LogP contribution in [0.1, 0.15) is 27.7 Å². The first-order valence-electron chi connectivity index (χ1n) is 4.19. The third kappa shape index (κ3) is 2.04. The van der Waals surface area contributed by atoms with Crippen molar-refractivity contribution in [2.75, 3.05) is 0 Å². The molecule has 0 aliphatic carbocycles. The maximum atomic E-state index is 10.8. The van der Waals surface area contributed by atoms with Crippen molar-refractivity contribution in [3.8, 4) is 0 Å². The number of hydrogen-bond acceptors (Lipinski definition) is 3. The molecule has 0 aliphatic rings. The number of aliphatic hydroxyl groups is 1. The van der Waals surface area contributed by atoms with E-state index in [4.69, 9.17) is 10.2 Å². The Kier molecular flexibility index (Phi) is 3.29. The zero-order valence-electron chi connectivity index (χ0n) is 8.74. The summed E-state index contributed by atoms with van der Waals surface area (Å²) in [7, 11) is 0. The van der Waals surface area contributed by atoms with Gasteiger partial charge in [0.2, 0.25) is 0 Å². The number of aliphatic hydroxyl groups excluding tert-OH is 1. The number of carboxylic acid groups (broad SMARTS) is 2. The van der Waals surface area contributed by atoms with Gasteiger partial charge in [0.15, 0.2) is 0 Å². The maximum absolute atomic E-state index is 10.8. The molecule has 0 bridgehead atoms. The van der Waals surface area contributed by atoms with Crippen LogP contribution in [0.3, 0.4) is 0 Å². The van der Waals surface area contributed by atoms with Crippen molar-refractivity contribution >= 4 is 11.9 Å². The molecule has 0 radical (unpaired) electrons. The fraction of sp³-hybridized carbons (Fsp3) is 0.778. The summed E-state index contributed by atoms with van der Waals surface area (Å²) >= 11 is 0. The minimum Gasteiger partial charge on any atom is -0.481 e. The van der Waals surface area contributed by atoms with E-state index in [1.807, 2.05) is 0 Å². The fourth-order valence-corrected chi connectivity index (χ4v) is 1.14. The molecular formula is C9H16O5. The van der Waals surface area contributed by atoms with Crippen molar-refractivity contribution in [1.82, 2.24) is 0 Å². The van der Waals surface area contributed by atoms with Crippen LogP contribution in [0.2, 0.25) is 0 Å². The molecule has 82 valence electrons. The van der Waals surface area contributed by atoms with Crippen molar-refractivity contribution < 1.29 is 24.9 Å².